The van der Waals surface area contributed by atoms with Gasteiger partial charge in [-0.2, -0.15) is 0 Å². The van der Waals surface area contributed by atoms with E-state index in [-0.39, 0.29) is 24.0 Å². The van der Waals surface area contributed by atoms with Crippen molar-refractivity contribution in [1.29, 1.82) is 0 Å². The number of halogens is 2. The molecule has 88 valence electrons. The van der Waals surface area contributed by atoms with Gasteiger partial charge in [0.25, 0.3) is 0 Å². The molecule has 1 aliphatic rings. The van der Waals surface area contributed by atoms with Crippen molar-refractivity contribution in [2.45, 2.75) is 38.1 Å². The molecule has 5 heteroatoms. The van der Waals surface area contributed by atoms with Crippen LogP contribution in [0.15, 0.2) is 16.1 Å². The first-order valence-corrected chi connectivity index (χ1v) is 5.87. The molecule has 0 atom stereocenters. The number of hydrogen-bond acceptors (Lipinski definition) is 1. The van der Waals surface area contributed by atoms with E-state index in [4.69, 9.17) is 5.73 Å². The van der Waals surface area contributed by atoms with Crippen molar-refractivity contribution in [1.82, 2.24) is 5.32 Å². The van der Waals surface area contributed by atoms with Gasteiger partial charge >= 0.3 is 0 Å². The summed E-state index contributed by atoms with van der Waals surface area (Å²) < 4.78 is 0.853. The molecule has 0 aliphatic heterocycles. The largest absolute Gasteiger partial charge is 0.370 e. The number of nitrogens with one attached hydrogen (secondary N) is 1. The zero-order valence-corrected chi connectivity index (χ0v) is 12.8. The average Bonchev–Trinajstić information content (AvgIpc) is 2.16. The monoisotopic (exact) mass is 387 g/mol. The molecule has 3 N–H and O–H groups in total. The minimum atomic E-state index is 0. The molecule has 0 radical (unpaired) electrons. The highest BCUT2D eigenvalue weighted by atomic mass is 127. The third-order valence-corrected chi connectivity index (χ3v) is 2.63. The Balaban J connectivity index is 0.00000196. The van der Waals surface area contributed by atoms with Crippen LogP contribution in [0.5, 0.6) is 0 Å². The van der Waals surface area contributed by atoms with Crippen molar-refractivity contribution in [2.75, 3.05) is 6.54 Å². The highest BCUT2D eigenvalue weighted by Gasteiger charge is 2.12. The highest BCUT2D eigenvalue weighted by Crippen LogP contribution is 2.16. The topological polar surface area (TPSA) is 50.4 Å². The third-order valence-electron chi connectivity index (χ3n) is 2.38. The summed E-state index contributed by atoms with van der Waals surface area (Å²) in [5.41, 5.74) is 5.73. The molecule has 0 spiro atoms. The summed E-state index contributed by atoms with van der Waals surface area (Å²) >= 11 is 3.24. The molecule has 0 aromatic rings. The summed E-state index contributed by atoms with van der Waals surface area (Å²) in [6.07, 6.45) is 6.39. The van der Waals surface area contributed by atoms with Crippen molar-refractivity contribution >= 4 is 45.9 Å². The van der Waals surface area contributed by atoms with Crippen molar-refractivity contribution < 1.29 is 0 Å². The summed E-state index contributed by atoms with van der Waals surface area (Å²) in [6.45, 7) is 4.25. The van der Waals surface area contributed by atoms with Crippen LogP contribution >= 0.6 is 39.9 Å². The highest BCUT2D eigenvalue weighted by molar-refractivity contribution is 14.0. The Morgan fingerprint density at radius 3 is 2.53 bits per heavy atom. The van der Waals surface area contributed by atoms with E-state index in [0.717, 1.165) is 4.48 Å². The fraction of sp³-hybridized carbons (Fsp3) is 0.700. The molecule has 0 bridgehead atoms. The lowest BCUT2D eigenvalue weighted by Gasteiger charge is -2.23. The SMILES string of the molecule is C=C(Br)CN=C(N)NC1CCCCC1.I. The fourth-order valence-electron chi connectivity index (χ4n) is 1.67. The van der Waals surface area contributed by atoms with Crippen LogP contribution in [0.4, 0.5) is 0 Å². The quantitative estimate of drug-likeness (QED) is 0.444. The number of guanidine groups is 1. The van der Waals surface area contributed by atoms with Crippen molar-refractivity contribution in [3.63, 3.8) is 0 Å². The van der Waals surface area contributed by atoms with Gasteiger partial charge in [0.1, 0.15) is 0 Å². The second kappa shape index (κ2) is 8.38. The van der Waals surface area contributed by atoms with Crippen LogP contribution in [0.2, 0.25) is 0 Å². The lowest BCUT2D eigenvalue weighted by molar-refractivity contribution is 0.412. The first kappa shape index (κ1) is 15.2. The van der Waals surface area contributed by atoms with Crippen LogP contribution in [-0.2, 0) is 0 Å². The van der Waals surface area contributed by atoms with Crippen LogP contribution in [0.3, 0.4) is 0 Å². The number of nitrogens with two attached hydrogens (primary N) is 1. The Labute approximate surface area is 117 Å². The Bertz CT molecular complexity index is 225. The molecule has 0 heterocycles. The van der Waals surface area contributed by atoms with Crippen molar-refractivity contribution in [3.8, 4) is 0 Å². The molecule has 0 aromatic carbocycles. The maximum Gasteiger partial charge on any atom is 0.189 e. The summed E-state index contributed by atoms with van der Waals surface area (Å²) in [5, 5.41) is 3.24. The second-order valence-electron chi connectivity index (χ2n) is 3.70. The van der Waals surface area contributed by atoms with E-state index < -0.39 is 0 Å². The first-order chi connectivity index (χ1) is 6.68. The normalized spacial score (nSPS) is 18.1. The molecule has 3 nitrogen and oxygen atoms in total. The van der Waals surface area contributed by atoms with Gasteiger partial charge in [-0.05, 0) is 12.8 Å². The molecular weight excluding hydrogens is 369 g/mol. The van der Waals surface area contributed by atoms with E-state index in [1.807, 2.05) is 0 Å². The Kier molecular flexibility index (Phi) is 8.50. The van der Waals surface area contributed by atoms with E-state index in [9.17, 15) is 0 Å². The van der Waals surface area contributed by atoms with Gasteiger partial charge in [-0.3, -0.25) is 0 Å². The van der Waals surface area contributed by atoms with E-state index in [2.05, 4.69) is 32.8 Å². The number of rotatable bonds is 3. The molecule has 0 aromatic heterocycles. The molecule has 15 heavy (non-hydrogen) atoms. The summed E-state index contributed by atoms with van der Waals surface area (Å²) in [5.74, 6) is 0.539. The van der Waals surface area contributed by atoms with Gasteiger partial charge in [-0.25, -0.2) is 4.99 Å². The van der Waals surface area contributed by atoms with Crippen molar-refractivity contribution in [3.05, 3.63) is 11.1 Å². The summed E-state index contributed by atoms with van der Waals surface area (Å²) in [7, 11) is 0. The van der Waals surface area contributed by atoms with Gasteiger partial charge in [0, 0.05) is 10.5 Å². The maximum absolute atomic E-state index is 5.73. The fourth-order valence-corrected chi connectivity index (χ4v) is 1.80. The summed E-state index contributed by atoms with van der Waals surface area (Å²) in [6, 6.07) is 0.524. The van der Waals surface area contributed by atoms with Gasteiger partial charge in [-0.15, -0.1) is 24.0 Å². The van der Waals surface area contributed by atoms with Crippen LogP contribution in [0.25, 0.3) is 0 Å². The predicted octanol–water partition coefficient (Wildman–Crippen LogP) is 2.75. The van der Waals surface area contributed by atoms with Gasteiger partial charge in [0.05, 0.1) is 6.54 Å². The van der Waals surface area contributed by atoms with Gasteiger partial charge < -0.3 is 11.1 Å². The van der Waals surface area contributed by atoms with E-state index in [1.54, 1.807) is 0 Å². The number of nitrogens with zero attached hydrogens (tertiary/aromatic N) is 1. The second-order valence-corrected chi connectivity index (χ2v) is 4.82. The molecular formula is C10H19BrIN3. The van der Waals surface area contributed by atoms with E-state index >= 15 is 0 Å². The van der Waals surface area contributed by atoms with E-state index in [1.165, 1.54) is 32.1 Å². The van der Waals surface area contributed by atoms with Crippen molar-refractivity contribution in [2.24, 2.45) is 10.7 Å². The van der Waals surface area contributed by atoms with Gasteiger partial charge in [0.15, 0.2) is 5.96 Å². The number of aliphatic imine (C=N–C) groups is 1. The molecule has 1 aliphatic carbocycles. The zero-order valence-electron chi connectivity index (χ0n) is 8.84. The standard InChI is InChI=1S/C10H18BrN3.HI/c1-8(11)7-13-10(12)14-9-5-3-2-4-6-9;/h9H,1-7H2,(H3,12,13,14);1H. The Hall–Kier alpha value is 0.220. The van der Waals surface area contributed by atoms with E-state index in [0.29, 0.717) is 18.5 Å². The van der Waals surface area contributed by atoms with Gasteiger partial charge in [0.2, 0.25) is 0 Å². The Morgan fingerprint density at radius 2 is 2.00 bits per heavy atom. The summed E-state index contributed by atoms with van der Waals surface area (Å²) in [4.78, 5) is 4.15. The minimum absolute atomic E-state index is 0. The smallest absolute Gasteiger partial charge is 0.189 e. The molecule has 1 saturated carbocycles. The van der Waals surface area contributed by atoms with Crippen LogP contribution in [-0.4, -0.2) is 18.5 Å². The third kappa shape index (κ3) is 7.16. The lowest BCUT2D eigenvalue weighted by Crippen LogP contribution is -2.41. The van der Waals surface area contributed by atoms with Crippen LogP contribution in [0.1, 0.15) is 32.1 Å². The molecule has 1 rings (SSSR count). The molecule has 0 amide bonds. The van der Waals surface area contributed by atoms with Crippen LogP contribution < -0.4 is 11.1 Å². The zero-order chi connectivity index (χ0) is 10.4. The lowest BCUT2D eigenvalue weighted by atomic mass is 9.96. The minimum Gasteiger partial charge on any atom is -0.370 e. The van der Waals surface area contributed by atoms with Crippen LogP contribution in [0, 0.1) is 0 Å². The Morgan fingerprint density at radius 1 is 1.40 bits per heavy atom. The molecule has 1 fully saturated rings. The average molecular weight is 388 g/mol. The molecule has 0 saturated heterocycles. The molecule has 0 unspecified atom stereocenters. The maximum atomic E-state index is 5.73. The first-order valence-electron chi connectivity index (χ1n) is 5.08. The van der Waals surface area contributed by atoms with Gasteiger partial charge in [-0.1, -0.05) is 41.8 Å². The predicted molar refractivity (Wildman–Crippen MR) is 80.0 cm³/mol. The number of hydrogen-bond donors (Lipinski definition) is 2.